The van der Waals surface area contributed by atoms with E-state index in [0.717, 1.165) is 18.4 Å². The quantitative estimate of drug-likeness (QED) is 0.666. The molecule has 1 N–H and O–H groups in total. The molecule has 1 atom stereocenters. The molecule has 3 rings (SSSR count). The maximum Gasteiger partial charge on any atom is 0.261 e. The molecule has 2 aromatic rings. The second-order valence-corrected chi connectivity index (χ2v) is 10.5. The molecule has 1 aliphatic rings. The molecule has 0 spiro atoms. The van der Waals surface area contributed by atoms with Crippen molar-refractivity contribution in [3.8, 4) is 0 Å². The molecule has 1 aliphatic heterocycles. The van der Waals surface area contributed by atoms with Gasteiger partial charge in [-0.3, -0.25) is 4.79 Å². The Hall–Kier alpha value is -1.19. The van der Waals surface area contributed by atoms with Crippen molar-refractivity contribution in [1.29, 1.82) is 0 Å². The lowest BCUT2D eigenvalue weighted by Gasteiger charge is -2.26. The van der Waals surface area contributed by atoms with Crippen molar-refractivity contribution in [2.75, 3.05) is 18.5 Å². The number of rotatable bonds is 6. The summed E-state index contributed by atoms with van der Waals surface area (Å²) >= 11 is 7.06. The zero-order chi connectivity index (χ0) is 19.4. The van der Waals surface area contributed by atoms with E-state index in [-0.39, 0.29) is 10.8 Å². The van der Waals surface area contributed by atoms with Crippen molar-refractivity contribution in [2.45, 2.75) is 30.1 Å². The predicted molar refractivity (Wildman–Crippen MR) is 106 cm³/mol. The minimum atomic E-state index is -3.81. The van der Waals surface area contributed by atoms with Gasteiger partial charge in [0, 0.05) is 23.9 Å². The van der Waals surface area contributed by atoms with E-state index < -0.39 is 15.0 Å². The minimum absolute atomic E-state index is 0.00449. The number of ether oxygens (including phenoxy) is 1. The van der Waals surface area contributed by atoms with Crippen LogP contribution >= 0.6 is 33.6 Å². The average Bonchev–Trinajstić information content (AvgIpc) is 3.04. The standard InChI is InChI=1S/C17H18Cl2N2O4S2/c18-15-10-20-17(26-15)21-16(22)14(9-11-5-7-25-8-6-11)12-1-3-13(4-2-12)27(19,23)24/h1-4,10-11,14H,5-9H2,(H,20,21,22). The molecule has 10 heteroatoms. The number of carbonyl (C=O) groups excluding carboxylic acids is 1. The highest BCUT2D eigenvalue weighted by atomic mass is 35.7. The molecule has 2 heterocycles. The third kappa shape index (κ3) is 5.65. The minimum Gasteiger partial charge on any atom is -0.381 e. The topological polar surface area (TPSA) is 85.4 Å². The first-order valence-corrected chi connectivity index (χ1v) is 11.9. The molecule has 1 fully saturated rings. The van der Waals surface area contributed by atoms with Gasteiger partial charge in [0.2, 0.25) is 5.91 Å². The van der Waals surface area contributed by atoms with Crippen LogP contribution in [0, 0.1) is 5.92 Å². The molecule has 6 nitrogen and oxygen atoms in total. The number of thiazole rings is 1. The molecule has 0 radical (unpaired) electrons. The van der Waals surface area contributed by atoms with E-state index in [9.17, 15) is 13.2 Å². The third-order valence-electron chi connectivity index (χ3n) is 4.50. The molecule has 1 saturated heterocycles. The zero-order valence-electron chi connectivity index (χ0n) is 14.2. The van der Waals surface area contributed by atoms with Crippen LogP contribution in [-0.4, -0.2) is 32.5 Å². The van der Waals surface area contributed by atoms with E-state index in [2.05, 4.69) is 10.3 Å². The molecule has 1 aromatic carbocycles. The van der Waals surface area contributed by atoms with Crippen molar-refractivity contribution >= 4 is 53.7 Å². The van der Waals surface area contributed by atoms with Gasteiger partial charge in [-0.15, -0.1) is 0 Å². The summed E-state index contributed by atoms with van der Waals surface area (Å²) in [5, 5.41) is 3.24. The Kier molecular flexibility index (Phi) is 6.75. The van der Waals surface area contributed by atoms with Crippen LogP contribution in [0.15, 0.2) is 35.4 Å². The van der Waals surface area contributed by atoms with Crippen molar-refractivity contribution in [1.82, 2.24) is 4.98 Å². The maximum atomic E-state index is 12.9. The third-order valence-corrected chi connectivity index (χ3v) is 6.90. The molecule has 0 aliphatic carbocycles. The van der Waals surface area contributed by atoms with Gasteiger partial charge in [0.25, 0.3) is 9.05 Å². The van der Waals surface area contributed by atoms with E-state index in [1.807, 2.05) is 0 Å². The van der Waals surface area contributed by atoms with Crippen LogP contribution in [0.4, 0.5) is 5.13 Å². The Morgan fingerprint density at radius 2 is 1.96 bits per heavy atom. The van der Waals surface area contributed by atoms with Gasteiger partial charge in [-0.2, -0.15) is 0 Å². The summed E-state index contributed by atoms with van der Waals surface area (Å²) in [6.07, 6.45) is 3.90. The Morgan fingerprint density at radius 3 is 2.52 bits per heavy atom. The highest BCUT2D eigenvalue weighted by Crippen LogP contribution is 2.32. The fourth-order valence-corrected chi connectivity index (χ4v) is 4.66. The first kappa shape index (κ1) is 20.5. The zero-order valence-corrected chi connectivity index (χ0v) is 17.4. The molecule has 1 unspecified atom stereocenters. The van der Waals surface area contributed by atoms with Crippen LogP contribution in [0.1, 0.15) is 30.7 Å². The monoisotopic (exact) mass is 448 g/mol. The van der Waals surface area contributed by atoms with Gasteiger partial charge in [-0.1, -0.05) is 35.1 Å². The highest BCUT2D eigenvalue weighted by Gasteiger charge is 2.27. The van der Waals surface area contributed by atoms with Crippen molar-refractivity contribution in [3.63, 3.8) is 0 Å². The molecule has 146 valence electrons. The number of nitrogens with zero attached hydrogens (tertiary/aromatic N) is 1. The number of aromatic nitrogens is 1. The first-order chi connectivity index (χ1) is 12.8. The van der Waals surface area contributed by atoms with Crippen LogP contribution in [-0.2, 0) is 18.6 Å². The summed E-state index contributed by atoms with van der Waals surface area (Å²) in [4.78, 5) is 17.0. The summed E-state index contributed by atoms with van der Waals surface area (Å²) in [7, 11) is 1.57. The van der Waals surface area contributed by atoms with Gasteiger partial charge in [0.15, 0.2) is 5.13 Å². The van der Waals surface area contributed by atoms with Gasteiger partial charge in [0.1, 0.15) is 4.34 Å². The summed E-state index contributed by atoms with van der Waals surface area (Å²) in [5.41, 5.74) is 0.728. The van der Waals surface area contributed by atoms with Gasteiger partial charge in [-0.25, -0.2) is 13.4 Å². The number of carbonyl (C=O) groups is 1. The number of nitrogens with one attached hydrogen (secondary N) is 1. The van der Waals surface area contributed by atoms with E-state index in [1.165, 1.54) is 29.7 Å². The molecule has 0 bridgehead atoms. The molecular formula is C17H18Cl2N2O4S2. The summed E-state index contributed by atoms with van der Waals surface area (Å²) in [6, 6.07) is 6.10. The van der Waals surface area contributed by atoms with Gasteiger partial charge >= 0.3 is 0 Å². The Bertz CT molecular complexity index is 894. The van der Waals surface area contributed by atoms with E-state index in [4.69, 9.17) is 27.0 Å². The van der Waals surface area contributed by atoms with Gasteiger partial charge in [-0.05, 0) is 42.9 Å². The highest BCUT2D eigenvalue weighted by molar-refractivity contribution is 8.13. The van der Waals surface area contributed by atoms with Crippen LogP contribution in [0.25, 0.3) is 0 Å². The van der Waals surface area contributed by atoms with E-state index in [1.54, 1.807) is 12.1 Å². The number of halogens is 2. The lowest BCUT2D eigenvalue weighted by Crippen LogP contribution is -2.26. The predicted octanol–water partition coefficient (Wildman–Crippen LogP) is 4.26. The summed E-state index contributed by atoms with van der Waals surface area (Å²) in [5.74, 6) is -0.289. The Labute approximate surface area is 171 Å². The lowest BCUT2D eigenvalue weighted by molar-refractivity contribution is -0.118. The smallest absolute Gasteiger partial charge is 0.261 e. The van der Waals surface area contributed by atoms with Crippen molar-refractivity contribution in [3.05, 3.63) is 40.4 Å². The second kappa shape index (κ2) is 8.87. The lowest BCUT2D eigenvalue weighted by atomic mass is 9.84. The van der Waals surface area contributed by atoms with Crippen LogP contribution in [0.2, 0.25) is 4.34 Å². The first-order valence-electron chi connectivity index (χ1n) is 8.37. The molecule has 27 heavy (non-hydrogen) atoms. The maximum absolute atomic E-state index is 12.9. The van der Waals surface area contributed by atoms with Gasteiger partial charge < -0.3 is 10.1 Å². The summed E-state index contributed by atoms with van der Waals surface area (Å²) < 4.78 is 28.8. The number of anilines is 1. The fourth-order valence-electron chi connectivity index (χ4n) is 3.08. The SMILES string of the molecule is O=C(Nc1ncc(Cl)s1)C(CC1CCOCC1)c1ccc(S(=O)(=O)Cl)cc1. The summed E-state index contributed by atoms with van der Waals surface area (Å²) in [6.45, 7) is 1.37. The molecule has 0 saturated carbocycles. The van der Waals surface area contributed by atoms with Crippen molar-refractivity contribution < 1.29 is 17.9 Å². The average molecular weight is 449 g/mol. The number of hydrogen-bond acceptors (Lipinski definition) is 6. The largest absolute Gasteiger partial charge is 0.381 e. The number of amides is 1. The second-order valence-electron chi connectivity index (χ2n) is 6.31. The molecule has 1 amide bonds. The van der Waals surface area contributed by atoms with Crippen LogP contribution < -0.4 is 5.32 Å². The van der Waals surface area contributed by atoms with Gasteiger partial charge in [0.05, 0.1) is 17.0 Å². The van der Waals surface area contributed by atoms with Crippen LogP contribution in [0.3, 0.4) is 0 Å². The number of hydrogen-bond donors (Lipinski definition) is 1. The van der Waals surface area contributed by atoms with Crippen LogP contribution in [0.5, 0.6) is 0 Å². The Balaban J connectivity index is 1.82. The normalized spacial score (nSPS) is 16.8. The number of benzene rings is 1. The van der Waals surface area contributed by atoms with E-state index >= 15 is 0 Å². The molecule has 1 aromatic heterocycles. The van der Waals surface area contributed by atoms with Crippen molar-refractivity contribution in [2.24, 2.45) is 5.92 Å². The fraction of sp³-hybridized carbons (Fsp3) is 0.412. The van der Waals surface area contributed by atoms with E-state index in [0.29, 0.717) is 35.0 Å². The Morgan fingerprint density at radius 1 is 1.30 bits per heavy atom. The molecular weight excluding hydrogens is 431 g/mol.